The monoisotopic (exact) mass is 480 g/mol. The van der Waals surface area contributed by atoms with E-state index in [-0.39, 0.29) is 24.5 Å². The lowest BCUT2D eigenvalue weighted by Gasteiger charge is -2.14. The number of hydrogen-bond acceptors (Lipinski definition) is 7. The molecule has 0 fully saturated rings. The lowest BCUT2D eigenvalue weighted by Crippen LogP contribution is -2.08. The van der Waals surface area contributed by atoms with Crippen LogP contribution in [0.5, 0.6) is 28.7 Å². The van der Waals surface area contributed by atoms with Gasteiger partial charge in [0.2, 0.25) is 6.79 Å². The summed E-state index contributed by atoms with van der Waals surface area (Å²) < 4.78 is 23.3. The highest BCUT2D eigenvalue weighted by Crippen LogP contribution is 2.39. The number of aromatic hydroxyl groups is 1. The SMILES string of the molecule is CCCCc1ncc(C=C(Cc2cc3c(cc2OC)OCO3)C(=O)O)n1-c1ccc(OC)cc1O. The van der Waals surface area contributed by atoms with E-state index in [0.717, 1.165) is 18.7 Å². The van der Waals surface area contributed by atoms with Gasteiger partial charge in [-0.1, -0.05) is 13.3 Å². The quantitative estimate of drug-likeness (QED) is 0.411. The Morgan fingerprint density at radius 1 is 1.17 bits per heavy atom. The summed E-state index contributed by atoms with van der Waals surface area (Å²) in [6, 6.07) is 8.41. The standard InChI is InChI=1S/C26H28N2O7/c1-4-5-6-25-27-14-18(28(25)20-8-7-19(32-2)12-21(20)29)10-17(26(30)31)9-16-11-23-24(35-15-34-23)13-22(16)33-3/h7-8,10-14,29H,4-6,9,15H2,1-3H3,(H,30,31). The summed E-state index contributed by atoms with van der Waals surface area (Å²) in [7, 11) is 3.04. The number of carbonyl (C=O) groups is 1. The zero-order chi connectivity index (χ0) is 24.9. The number of rotatable bonds is 10. The van der Waals surface area contributed by atoms with Crippen LogP contribution < -0.4 is 18.9 Å². The summed E-state index contributed by atoms with van der Waals surface area (Å²) in [6.07, 6.45) is 5.81. The van der Waals surface area contributed by atoms with E-state index >= 15 is 0 Å². The summed E-state index contributed by atoms with van der Waals surface area (Å²) in [5.41, 5.74) is 1.80. The topological polar surface area (TPSA) is 112 Å². The minimum absolute atomic E-state index is 0.00376. The fourth-order valence-electron chi connectivity index (χ4n) is 3.98. The van der Waals surface area contributed by atoms with Crippen LogP contribution in [0, 0.1) is 0 Å². The van der Waals surface area contributed by atoms with Gasteiger partial charge >= 0.3 is 5.97 Å². The van der Waals surface area contributed by atoms with Gasteiger partial charge in [0.15, 0.2) is 11.5 Å². The smallest absolute Gasteiger partial charge is 0.331 e. The molecular formula is C26H28N2O7. The van der Waals surface area contributed by atoms with Crippen molar-refractivity contribution in [3.05, 3.63) is 59.2 Å². The molecule has 2 aromatic carbocycles. The summed E-state index contributed by atoms with van der Waals surface area (Å²) in [5, 5.41) is 20.7. The average Bonchev–Trinajstić information content (AvgIpc) is 3.47. The lowest BCUT2D eigenvalue weighted by molar-refractivity contribution is -0.132. The molecule has 35 heavy (non-hydrogen) atoms. The van der Waals surface area contributed by atoms with Gasteiger partial charge in [0.25, 0.3) is 0 Å². The Balaban J connectivity index is 1.78. The van der Waals surface area contributed by atoms with Gasteiger partial charge in [-0.25, -0.2) is 9.78 Å². The van der Waals surface area contributed by atoms with E-state index in [0.29, 0.717) is 46.4 Å². The Bertz CT molecular complexity index is 1260. The Kier molecular flexibility index (Phi) is 7.14. The molecule has 0 bridgehead atoms. The molecular weight excluding hydrogens is 452 g/mol. The Labute approximate surface area is 203 Å². The fraction of sp³-hybridized carbons (Fsp3) is 0.308. The number of carboxylic acid groups (broad SMARTS) is 1. The number of fused-ring (bicyclic) bond motifs is 1. The zero-order valence-electron chi connectivity index (χ0n) is 19.9. The number of ether oxygens (including phenoxy) is 4. The van der Waals surface area contributed by atoms with E-state index in [1.807, 2.05) is 0 Å². The van der Waals surface area contributed by atoms with Crippen molar-refractivity contribution in [2.45, 2.75) is 32.6 Å². The third-order valence-electron chi connectivity index (χ3n) is 5.79. The van der Waals surface area contributed by atoms with E-state index in [9.17, 15) is 15.0 Å². The molecule has 2 heterocycles. The molecule has 1 aromatic heterocycles. The van der Waals surface area contributed by atoms with Crippen LogP contribution in [0.4, 0.5) is 0 Å². The number of aromatic nitrogens is 2. The molecule has 0 aliphatic carbocycles. The first kappa shape index (κ1) is 24.0. The molecule has 1 aliphatic rings. The summed E-state index contributed by atoms with van der Waals surface area (Å²) >= 11 is 0. The zero-order valence-corrected chi connectivity index (χ0v) is 19.9. The van der Waals surface area contributed by atoms with Gasteiger partial charge in [-0.05, 0) is 30.7 Å². The molecule has 2 N–H and O–H groups in total. The van der Waals surface area contributed by atoms with Gasteiger partial charge < -0.3 is 29.2 Å². The third kappa shape index (κ3) is 5.03. The number of hydrogen-bond donors (Lipinski definition) is 2. The molecule has 0 radical (unpaired) electrons. The fourth-order valence-corrected chi connectivity index (χ4v) is 3.98. The predicted molar refractivity (Wildman–Crippen MR) is 129 cm³/mol. The van der Waals surface area contributed by atoms with Crippen LogP contribution in [0.1, 0.15) is 36.8 Å². The van der Waals surface area contributed by atoms with E-state index in [1.54, 1.807) is 41.1 Å². The highest BCUT2D eigenvalue weighted by Gasteiger charge is 2.21. The molecule has 0 saturated carbocycles. The molecule has 184 valence electrons. The maximum absolute atomic E-state index is 12.3. The van der Waals surface area contributed by atoms with Gasteiger partial charge in [0.1, 0.15) is 23.1 Å². The predicted octanol–water partition coefficient (Wildman–Crippen LogP) is 4.38. The second-order valence-electron chi connectivity index (χ2n) is 8.06. The molecule has 0 amide bonds. The number of aliphatic carboxylic acids is 1. The number of carboxylic acids is 1. The van der Waals surface area contributed by atoms with Crippen molar-refractivity contribution in [2.75, 3.05) is 21.0 Å². The molecule has 0 saturated heterocycles. The Morgan fingerprint density at radius 2 is 1.94 bits per heavy atom. The van der Waals surface area contributed by atoms with Crippen molar-refractivity contribution in [1.29, 1.82) is 0 Å². The highest BCUT2D eigenvalue weighted by molar-refractivity contribution is 5.92. The minimum atomic E-state index is -1.08. The van der Waals surface area contributed by atoms with E-state index in [4.69, 9.17) is 18.9 Å². The summed E-state index contributed by atoms with van der Waals surface area (Å²) in [6.45, 7) is 2.19. The number of methoxy groups -OCH3 is 2. The van der Waals surface area contributed by atoms with Gasteiger partial charge in [0.05, 0.1) is 31.8 Å². The van der Waals surface area contributed by atoms with Crippen molar-refractivity contribution >= 4 is 12.0 Å². The van der Waals surface area contributed by atoms with E-state index in [1.165, 1.54) is 20.3 Å². The second-order valence-corrected chi connectivity index (χ2v) is 8.06. The van der Waals surface area contributed by atoms with Crippen molar-refractivity contribution in [2.24, 2.45) is 0 Å². The van der Waals surface area contributed by atoms with E-state index < -0.39 is 5.97 Å². The van der Waals surface area contributed by atoms with Crippen LogP contribution in [0.3, 0.4) is 0 Å². The molecule has 9 nitrogen and oxygen atoms in total. The third-order valence-corrected chi connectivity index (χ3v) is 5.79. The van der Waals surface area contributed by atoms with Gasteiger partial charge in [-0.2, -0.15) is 0 Å². The van der Waals surface area contributed by atoms with Crippen LogP contribution >= 0.6 is 0 Å². The number of imidazole rings is 1. The van der Waals surface area contributed by atoms with Crippen LogP contribution in [0.2, 0.25) is 0 Å². The summed E-state index contributed by atoms with van der Waals surface area (Å²) in [4.78, 5) is 16.8. The van der Waals surface area contributed by atoms with Crippen molar-refractivity contribution in [3.63, 3.8) is 0 Å². The summed E-state index contributed by atoms with van der Waals surface area (Å²) in [5.74, 6) is 1.77. The van der Waals surface area contributed by atoms with Gasteiger partial charge in [0, 0.05) is 36.1 Å². The van der Waals surface area contributed by atoms with Crippen molar-refractivity contribution in [1.82, 2.24) is 9.55 Å². The molecule has 1 aliphatic heterocycles. The first-order valence-corrected chi connectivity index (χ1v) is 11.3. The lowest BCUT2D eigenvalue weighted by atomic mass is 10.0. The number of phenols is 1. The molecule has 0 spiro atoms. The Hall–Kier alpha value is -4.14. The maximum atomic E-state index is 12.3. The number of aryl methyl sites for hydroxylation is 1. The van der Waals surface area contributed by atoms with Gasteiger partial charge in [-0.15, -0.1) is 0 Å². The molecule has 3 aromatic rings. The van der Waals surface area contributed by atoms with Crippen LogP contribution in [-0.4, -0.2) is 46.7 Å². The highest BCUT2D eigenvalue weighted by atomic mass is 16.7. The first-order chi connectivity index (χ1) is 16.9. The largest absolute Gasteiger partial charge is 0.506 e. The average molecular weight is 481 g/mol. The maximum Gasteiger partial charge on any atom is 0.331 e. The normalized spacial score (nSPS) is 12.6. The minimum Gasteiger partial charge on any atom is -0.506 e. The van der Waals surface area contributed by atoms with Gasteiger partial charge in [-0.3, -0.25) is 4.57 Å². The molecule has 4 rings (SSSR count). The molecule has 9 heteroatoms. The number of benzene rings is 2. The van der Waals surface area contributed by atoms with Crippen LogP contribution in [0.15, 0.2) is 42.1 Å². The van der Waals surface area contributed by atoms with Crippen molar-refractivity contribution < 1.29 is 34.0 Å². The first-order valence-electron chi connectivity index (χ1n) is 11.3. The number of phenolic OH excluding ortho intramolecular Hbond substituents is 1. The van der Waals surface area contributed by atoms with E-state index in [2.05, 4.69) is 11.9 Å². The second kappa shape index (κ2) is 10.4. The molecule has 0 atom stereocenters. The number of nitrogens with zero attached hydrogens (tertiary/aromatic N) is 2. The number of unbranched alkanes of at least 4 members (excludes halogenated alkanes) is 1. The van der Waals surface area contributed by atoms with Crippen LogP contribution in [-0.2, 0) is 17.6 Å². The molecule has 0 unspecified atom stereocenters. The van der Waals surface area contributed by atoms with Crippen LogP contribution in [0.25, 0.3) is 11.8 Å². The Morgan fingerprint density at radius 3 is 2.60 bits per heavy atom. The van der Waals surface area contributed by atoms with Crippen molar-refractivity contribution in [3.8, 4) is 34.4 Å².